The normalized spacial score (nSPS) is 11.9. The lowest BCUT2D eigenvalue weighted by Gasteiger charge is -2.14. The van der Waals surface area contributed by atoms with E-state index in [0.717, 1.165) is 17.7 Å². The zero-order valence-corrected chi connectivity index (χ0v) is 18.2. The van der Waals surface area contributed by atoms with Crippen molar-refractivity contribution in [2.75, 3.05) is 23.0 Å². The number of carbonyl (C=O) groups is 1. The van der Waals surface area contributed by atoms with Gasteiger partial charge in [0, 0.05) is 17.9 Å². The fourth-order valence-electron chi connectivity index (χ4n) is 2.92. The summed E-state index contributed by atoms with van der Waals surface area (Å²) in [6.07, 6.45) is -4.50. The van der Waals surface area contributed by atoms with E-state index in [0.29, 0.717) is 5.56 Å². The van der Waals surface area contributed by atoms with Gasteiger partial charge in [-0.2, -0.15) is 24.5 Å². The van der Waals surface area contributed by atoms with Crippen molar-refractivity contribution in [3.05, 3.63) is 64.9 Å². The quantitative estimate of drug-likeness (QED) is 0.428. The highest BCUT2D eigenvalue weighted by Gasteiger charge is 2.30. The molecule has 2 aromatic carbocycles. The van der Waals surface area contributed by atoms with E-state index in [1.54, 1.807) is 12.1 Å². The Morgan fingerprint density at radius 1 is 1.06 bits per heavy atom. The number of hydrogen-bond acceptors (Lipinski definition) is 5. The van der Waals surface area contributed by atoms with Gasteiger partial charge < -0.3 is 15.7 Å². The molecular formula is C21H19F3N2O4S2. The molecule has 1 aromatic heterocycles. The van der Waals surface area contributed by atoms with Gasteiger partial charge in [0.1, 0.15) is 0 Å². The van der Waals surface area contributed by atoms with Crippen molar-refractivity contribution in [2.24, 2.45) is 0 Å². The van der Waals surface area contributed by atoms with Crippen LogP contribution in [0.4, 0.5) is 29.3 Å². The highest BCUT2D eigenvalue weighted by Crippen LogP contribution is 2.33. The highest BCUT2D eigenvalue weighted by molar-refractivity contribution is 7.91. The topological polar surface area (TPSA) is 95.5 Å². The molecule has 1 heterocycles. The van der Waals surface area contributed by atoms with Gasteiger partial charge in [0.15, 0.2) is 9.84 Å². The number of benzene rings is 2. The van der Waals surface area contributed by atoms with Crippen molar-refractivity contribution >= 4 is 38.6 Å². The lowest BCUT2D eigenvalue weighted by atomic mass is 10.1. The zero-order chi connectivity index (χ0) is 23.4. The summed E-state index contributed by atoms with van der Waals surface area (Å²) >= 11 is 1.41. The van der Waals surface area contributed by atoms with Gasteiger partial charge in [-0.05, 0) is 59.1 Å². The predicted molar refractivity (Wildman–Crippen MR) is 118 cm³/mol. The predicted octanol–water partition coefficient (Wildman–Crippen LogP) is 5.23. The van der Waals surface area contributed by atoms with E-state index < -0.39 is 27.6 Å². The van der Waals surface area contributed by atoms with Gasteiger partial charge in [0.2, 0.25) is 0 Å². The number of nitrogens with one attached hydrogen (secondary N) is 2. The molecule has 0 bridgehead atoms. The largest absolute Gasteiger partial charge is 0.416 e. The molecular weight excluding hydrogens is 465 g/mol. The lowest BCUT2D eigenvalue weighted by molar-refractivity contribution is -0.137. The number of halogens is 3. The lowest BCUT2D eigenvalue weighted by Crippen LogP contribution is -2.20. The minimum absolute atomic E-state index is 0.0423. The molecule has 0 aliphatic carbocycles. The van der Waals surface area contributed by atoms with E-state index in [-0.39, 0.29) is 35.1 Å². The van der Waals surface area contributed by atoms with Crippen molar-refractivity contribution in [3.8, 4) is 11.1 Å². The number of aliphatic hydroxyl groups is 1. The smallest absolute Gasteiger partial charge is 0.396 e. The van der Waals surface area contributed by atoms with E-state index in [2.05, 4.69) is 10.6 Å². The Balaban J connectivity index is 1.90. The Hall–Kier alpha value is -2.89. The van der Waals surface area contributed by atoms with Crippen LogP contribution in [0.1, 0.15) is 12.0 Å². The Morgan fingerprint density at radius 3 is 2.50 bits per heavy atom. The standard InChI is InChI=1S/C21H19F3N2O4S2/c22-21(23,24)15-3-1-4-16(11-15)25-20(28)26-19-12-17(32(29,30)10-2-8-27)5-6-18(19)14-7-9-31-13-14/h1,3-7,9,11-13,27H,2,8,10H2,(H2,25,26,28). The van der Waals surface area contributed by atoms with Gasteiger partial charge in [-0.15, -0.1) is 0 Å². The van der Waals surface area contributed by atoms with Crippen LogP contribution in [-0.2, 0) is 16.0 Å². The van der Waals surface area contributed by atoms with Crippen LogP contribution in [0.3, 0.4) is 0 Å². The van der Waals surface area contributed by atoms with Crippen LogP contribution in [0.5, 0.6) is 0 Å². The summed E-state index contributed by atoms with van der Waals surface area (Å²) in [5, 5.41) is 17.4. The average molecular weight is 485 g/mol. The molecule has 0 atom stereocenters. The van der Waals surface area contributed by atoms with Crippen molar-refractivity contribution in [1.82, 2.24) is 0 Å². The minimum Gasteiger partial charge on any atom is -0.396 e. The first kappa shape index (κ1) is 23.8. The second kappa shape index (κ2) is 9.72. The van der Waals surface area contributed by atoms with Crippen molar-refractivity contribution in [2.45, 2.75) is 17.5 Å². The average Bonchev–Trinajstić information content (AvgIpc) is 3.26. The summed E-state index contributed by atoms with van der Waals surface area (Å²) in [5.41, 5.74) is 0.487. The summed E-state index contributed by atoms with van der Waals surface area (Å²) < 4.78 is 63.7. The molecule has 170 valence electrons. The Labute approximate surface area is 186 Å². The number of thiophene rings is 1. The molecule has 3 N–H and O–H groups in total. The molecule has 3 aromatic rings. The molecule has 0 aliphatic heterocycles. The fourth-order valence-corrected chi connectivity index (χ4v) is 4.89. The van der Waals surface area contributed by atoms with Crippen LogP contribution in [0.25, 0.3) is 11.1 Å². The van der Waals surface area contributed by atoms with E-state index in [1.165, 1.54) is 35.6 Å². The molecule has 32 heavy (non-hydrogen) atoms. The summed E-state index contributed by atoms with van der Waals surface area (Å²) in [4.78, 5) is 12.5. The SMILES string of the molecule is O=C(Nc1cccc(C(F)(F)F)c1)Nc1cc(S(=O)(=O)CCCO)ccc1-c1ccsc1. The van der Waals surface area contributed by atoms with E-state index >= 15 is 0 Å². The van der Waals surface area contributed by atoms with Crippen LogP contribution in [-0.4, -0.2) is 31.9 Å². The summed E-state index contributed by atoms with van der Waals surface area (Å²) in [6, 6.07) is 9.39. The first-order valence-electron chi connectivity index (χ1n) is 9.35. The molecule has 2 amide bonds. The molecule has 0 saturated carbocycles. The molecule has 0 fully saturated rings. The van der Waals surface area contributed by atoms with Crippen molar-refractivity contribution in [1.29, 1.82) is 0 Å². The summed E-state index contributed by atoms with van der Waals surface area (Å²) in [5.74, 6) is -0.267. The fraction of sp³-hybridized carbons (Fsp3) is 0.190. The Kier molecular flexibility index (Phi) is 7.22. The molecule has 3 rings (SSSR count). The maximum absolute atomic E-state index is 12.9. The number of aliphatic hydroxyl groups excluding tert-OH is 1. The minimum atomic E-state index is -4.56. The number of carbonyl (C=O) groups excluding carboxylic acids is 1. The number of alkyl halides is 3. The maximum atomic E-state index is 12.9. The maximum Gasteiger partial charge on any atom is 0.416 e. The van der Waals surface area contributed by atoms with Gasteiger partial charge in [0.25, 0.3) is 0 Å². The summed E-state index contributed by atoms with van der Waals surface area (Å²) in [6.45, 7) is -0.281. The Bertz CT molecular complexity index is 1190. The summed E-state index contributed by atoms with van der Waals surface area (Å²) in [7, 11) is -3.70. The third-order valence-corrected chi connectivity index (χ3v) is 6.93. The molecule has 6 nitrogen and oxygen atoms in total. The number of sulfone groups is 1. The number of anilines is 2. The number of hydrogen-bond donors (Lipinski definition) is 3. The number of amides is 2. The zero-order valence-electron chi connectivity index (χ0n) is 16.5. The van der Waals surface area contributed by atoms with E-state index in [9.17, 15) is 26.4 Å². The van der Waals surface area contributed by atoms with Gasteiger partial charge in [-0.3, -0.25) is 0 Å². The first-order chi connectivity index (χ1) is 15.1. The second-order valence-electron chi connectivity index (χ2n) is 6.77. The molecule has 0 unspecified atom stereocenters. The van der Waals surface area contributed by atoms with Gasteiger partial charge >= 0.3 is 12.2 Å². The van der Waals surface area contributed by atoms with Crippen molar-refractivity contribution in [3.63, 3.8) is 0 Å². The highest BCUT2D eigenvalue weighted by atomic mass is 32.2. The third kappa shape index (κ3) is 5.87. The monoisotopic (exact) mass is 484 g/mol. The van der Waals surface area contributed by atoms with E-state index in [1.807, 2.05) is 10.8 Å². The van der Waals surface area contributed by atoms with Crippen LogP contribution in [0, 0.1) is 0 Å². The van der Waals surface area contributed by atoms with E-state index in [4.69, 9.17) is 5.11 Å². The van der Waals surface area contributed by atoms with Crippen LogP contribution in [0.2, 0.25) is 0 Å². The molecule has 0 aliphatic rings. The van der Waals surface area contributed by atoms with Crippen LogP contribution >= 0.6 is 11.3 Å². The molecule has 11 heteroatoms. The van der Waals surface area contributed by atoms with Gasteiger partial charge in [-0.1, -0.05) is 12.1 Å². The number of rotatable bonds is 7. The van der Waals surface area contributed by atoms with Gasteiger partial charge in [-0.25, -0.2) is 13.2 Å². The van der Waals surface area contributed by atoms with Crippen LogP contribution in [0.15, 0.2) is 64.2 Å². The third-order valence-electron chi connectivity index (χ3n) is 4.45. The Morgan fingerprint density at radius 2 is 1.84 bits per heavy atom. The second-order valence-corrected chi connectivity index (χ2v) is 9.66. The molecule has 0 saturated heterocycles. The van der Waals surface area contributed by atoms with Crippen molar-refractivity contribution < 1.29 is 31.5 Å². The number of urea groups is 1. The molecule has 0 radical (unpaired) electrons. The van der Waals surface area contributed by atoms with Gasteiger partial charge in [0.05, 0.1) is 21.9 Å². The first-order valence-corrected chi connectivity index (χ1v) is 11.9. The molecule has 0 spiro atoms. The van der Waals surface area contributed by atoms with Crippen LogP contribution < -0.4 is 10.6 Å².